The molecule has 0 atom stereocenters. The first kappa shape index (κ1) is 11.0. The van der Waals surface area contributed by atoms with E-state index in [0.717, 1.165) is 11.1 Å². The first-order chi connectivity index (χ1) is 6.36. The van der Waals surface area contributed by atoms with E-state index in [-0.39, 0.29) is 5.41 Å². The summed E-state index contributed by atoms with van der Waals surface area (Å²) in [6, 6.07) is 4.15. The van der Waals surface area contributed by atoms with Gasteiger partial charge >= 0.3 is 0 Å². The van der Waals surface area contributed by atoms with Crippen LogP contribution in [0.2, 0.25) is 0 Å². The Morgan fingerprint density at radius 3 is 1.79 bits per heavy atom. The van der Waals surface area contributed by atoms with Gasteiger partial charge in [-0.1, -0.05) is 32.9 Å². The van der Waals surface area contributed by atoms with Gasteiger partial charge in [0.1, 0.15) is 0 Å². The van der Waals surface area contributed by atoms with Crippen LogP contribution < -0.4 is 0 Å². The zero-order chi connectivity index (χ0) is 10.9. The Bertz CT molecular complexity index is 333. The van der Waals surface area contributed by atoms with Gasteiger partial charge in [-0.2, -0.15) is 0 Å². The molecule has 0 amide bonds. The highest BCUT2D eigenvalue weighted by Crippen LogP contribution is 2.25. The summed E-state index contributed by atoms with van der Waals surface area (Å²) < 4.78 is 0. The van der Waals surface area contributed by atoms with Crippen LogP contribution in [0.3, 0.4) is 0 Å². The lowest BCUT2D eigenvalue weighted by molar-refractivity contribution is 0.561. The Balaban J connectivity index is 3.35. The lowest BCUT2D eigenvalue weighted by Crippen LogP contribution is -2.12. The highest BCUT2D eigenvalue weighted by molar-refractivity contribution is 5.80. The predicted octanol–water partition coefficient (Wildman–Crippen LogP) is 3.06. The van der Waals surface area contributed by atoms with Crippen molar-refractivity contribution in [1.29, 1.82) is 0 Å². The first-order valence-electron chi connectivity index (χ1n) is 4.86. The van der Waals surface area contributed by atoms with Crippen molar-refractivity contribution in [1.82, 2.24) is 0 Å². The molecule has 1 nitrogen and oxygen atoms in total. The molecule has 1 rings (SSSR count). The van der Waals surface area contributed by atoms with E-state index in [0.29, 0.717) is 5.56 Å². The zero-order valence-corrected chi connectivity index (χ0v) is 9.56. The maximum absolute atomic E-state index is 10.7. The normalized spacial score (nSPS) is 11.5. The average Bonchev–Trinajstić information content (AvgIpc) is 2.01. The minimum atomic E-state index is 0.136. The Kier molecular flexibility index (Phi) is 2.79. The number of hydrogen-bond acceptors (Lipinski definition) is 1. The molecule has 0 aliphatic carbocycles. The minimum absolute atomic E-state index is 0.136. The second-order valence-electron chi connectivity index (χ2n) is 4.84. The molecule has 0 aliphatic heterocycles. The summed E-state index contributed by atoms with van der Waals surface area (Å²) in [6.07, 6.45) is 1.99. The van der Waals surface area contributed by atoms with E-state index < -0.39 is 0 Å². The molecule has 1 radical (unpaired) electrons. The maximum atomic E-state index is 10.7. The van der Waals surface area contributed by atoms with Gasteiger partial charge in [0.25, 0.3) is 0 Å². The molecular weight excluding hydrogens is 172 g/mol. The van der Waals surface area contributed by atoms with Crippen LogP contribution in [0.5, 0.6) is 0 Å². The number of hydrogen-bond donors (Lipinski definition) is 0. The van der Waals surface area contributed by atoms with Gasteiger partial charge in [0.2, 0.25) is 6.29 Å². The van der Waals surface area contributed by atoms with Gasteiger partial charge in [0.15, 0.2) is 0 Å². The van der Waals surface area contributed by atoms with Crippen molar-refractivity contribution in [2.75, 3.05) is 0 Å². The molecule has 1 aromatic carbocycles. The van der Waals surface area contributed by atoms with Crippen LogP contribution in [0, 0.1) is 13.8 Å². The third-order valence-corrected chi connectivity index (χ3v) is 2.50. The summed E-state index contributed by atoms with van der Waals surface area (Å²) in [7, 11) is 0. The maximum Gasteiger partial charge on any atom is 0.234 e. The smallest absolute Gasteiger partial charge is 0.234 e. The number of carbonyl (C=O) groups excluding carboxylic acids is 1. The summed E-state index contributed by atoms with van der Waals surface area (Å²) in [6.45, 7) is 10.4. The summed E-state index contributed by atoms with van der Waals surface area (Å²) in [5.74, 6) is 0. The minimum Gasteiger partial charge on any atom is -0.285 e. The first-order valence-corrected chi connectivity index (χ1v) is 4.86. The molecule has 0 fully saturated rings. The average molecular weight is 189 g/mol. The van der Waals surface area contributed by atoms with E-state index in [1.54, 1.807) is 0 Å². The van der Waals surface area contributed by atoms with Crippen molar-refractivity contribution in [2.24, 2.45) is 0 Å². The Hall–Kier alpha value is -1.11. The van der Waals surface area contributed by atoms with Crippen LogP contribution >= 0.6 is 0 Å². The fraction of sp³-hybridized carbons (Fsp3) is 0.462. The van der Waals surface area contributed by atoms with Crippen molar-refractivity contribution in [2.45, 2.75) is 40.0 Å². The monoisotopic (exact) mass is 189 g/mol. The predicted molar refractivity (Wildman–Crippen MR) is 59.4 cm³/mol. The molecule has 1 heteroatoms. The molecule has 0 saturated carbocycles. The SMILES string of the molecule is Cc1cc(C(C)(C)C)cc(C)c1[C]=O. The molecule has 0 unspecified atom stereocenters. The lowest BCUT2D eigenvalue weighted by Gasteiger charge is -2.21. The summed E-state index contributed by atoms with van der Waals surface area (Å²) in [5, 5.41) is 0. The summed E-state index contributed by atoms with van der Waals surface area (Å²) in [5.41, 5.74) is 4.15. The zero-order valence-electron chi connectivity index (χ0n) is 9.56. The van der Waals surface area contributed by atoms with Gasteiger partial charge in [-0.05, 0) is 36.0 Å². The van der Waals surface area contributed by atoms with E-state index in [1.165, 1.54) is 5.56 Å². The topological polar surface area (TPSA) is 17.1 Å². The van der Waals surface area contributed by atoms with Gasteiger partial charge < -0.3 is 0 Å². The fourth-order valence-corrected chi connectivity index (χ4v) is 1.56. The van der Waals surface area contributed by atoms with E-state index in [9.17, 15) is 4.79 Å². The summed E-state index contributed by atoms with van der Waals surface area (Å²) in [4.78, 5) is 10.7. The third-order valence-electron chi connectivity index (χ3n) is 2.50. The summed E-state index contributed by atoms with van der Waals surface area (Å²) >= 11 is 0. The molecule has 1 aromatic rings. The molecule has 0 saturated heterocycles. The van der Waals surface area contributed by atoms with Crippen LogP contribution in [0.25, 0.3) is 0 Å². The van der Waals surface area contributed by atoms with Crippen molar-refractivity contribution in [3.05, 3.63) is 34.4 Å². The molecule has 75 valence electrons. The van der Waals surface area contributed by atoms with E-state index in [2.05, 4.69) is 32.9 Å². The molecule has 0 heterocycles. The Morgan fingerprint density at radius 2 is 1.50 bits per heavy atom. The van der Waals surface area contributed by atoms with Gasteiger partial charge in [0.05, 0.1) is 0 Å². The van der Waals surface area contributed by atoms with Crippen molar-refractivity contribution >= 4 is 6.29 Å². The van der Waals surface area contributed by atoms with Crippen LogP contribution in [0.4, 0.5) is 0 Å². The van der Waals surface area contributed by atoms with Crippen LogP contribution in [-0.4, -0.2) is 6.29 Å². The third kappa shape index (κ3) is 2.03. The van der Waals surface area contributed by atoms with Crippen LogP contribution in [0.15, 0.2) is 12.1 Å². The molecule has 0 bridgehead atoms. The number of aryl methyl sites for hydroxylation is 2. The van der Waals surface area contributed by atoms with Gasteiger partial charge in [-0.25, -0.2) is 0 Å². The van der Waals surface area contributed by atoms with Gasteiger partial charge in [0, 0.05) is 5.56 Å². The van der Waals surface area contributed by atoms with Gasteiger partial charge in [-0.15, -0.1) is 0 Å². The van der Waals surface area contributed by atoms with Crippen LogP contribution in [0.1, 0.15) is 43.0 Å². The van der Waals surface area contributed by atoms with Crippen LogP contribution in [-0.2, 0) is 10.2 Å². The second kappa shape index (κ2) is 3.56. The Labute approximate surface area is 86.1 Å². The van der Waals surface area contributed by atoms with Crippen molar-refractivity contribution in [3.8, 4) is 0 Å². The molecule has 14 heavy (non-hydrogen) atoms. The highest BCUT2D eigenvalue weighted by atomic mass is 16.1. The number of rotatable bonds is 1. The molecule has 0 spiro atoms. The van der Waals surface area contributed by atoms with Crippen molar-refractivity contribution in [3.63, 3.8) is 0 Å². The second-order valence-corrected chi connectivity index (χ2v) is 4.84. The number of benzene rings is 1. The standard InChI is InChI=1S/C13H17O/c1-9-6-11(13(3,4)5)7-10(2)12(9)8-14/h6-7H,1-5H3. The molecule has 0 aromatic heterocycles. The van der Waals surface area contributed by atoms with Crippen molar-refractivity contribution < 1.29 is 4.79 Å². The quantitative estimate of drug-likeness (QED) is 0.663. The van der Waals surface area contributed by atoms with E-state index in [4.69, 9.17) is 0 Å². The molecule has 0 aliphatic rings. The van der Waals surface area contributed by atoms with E-state index >= 15 is 0 Å². The van der Waals surface area contributed by atoms with Gasteiger partial charge in [-0.3, -0.25) is 4.79 Å². The molecular formula is C13H17O. The molecule has 0 N–H and O–H groups in total. The van der Waals surface area contributed by atoms with E-state index in [1.807, 2.05) is 20.1 Å². The lowest BCUT2D eigenvalue weighted by atomic mass is 9.84. The Morgan fingerprint density at radius 1 is 1.07 bits per heavy atom. The largest absolute Gasteiger partial charge is 0.285 e. The highest BCUT2D eigenvalue weighted by Gasteiger charge is 2.15. The fourth-order valence-electron chi connectivity index (χ4n) is 1.56.